The number of aromatic nitrogens is 1. The fourth-order valence-corrected chi connectivity index (χ4v) is 2.79. The second-order valence-corrected chi connectivity index (χ2v) is 5.01. The molecule has 96 valence electrons. The van der Waals surface area contributed by atoms with Crippen molar-refractivity contribution in [3.63, 3.8) is 0 Å². The maximum absolute atomic E-state index is 9.66. The van der Waals surface area contributed by atoms with E-state index in [1.54, 1.807) is 6.07 Å². The Labute approximate surface area is 112 Å². The van der Waals surface area contributed by atoms with E-state index in [4.69, 9.17) is 0 Å². The molecule has 0 bridgehead atoms. The molecule has 1 aromatic heterocycles. The average Bonchev–Trinajstić information content (AvgIpc) is 2.73. The molecule has 0 amide bonds. The lowest BCUT2D eigenvalue weighted by atomic mass is 9.98. The second-order valence-electron chi connectivity index (χ2n) is 5.01. The van der Waals surface area contributed by atoms with Crippen molar-refractivity contribution in [3.05, 3.63) is 47.0 Å². The van der Waals surface area contributed by atoms with Gasteiger partial charge in [-0.05, 0) is 61.7 Å². The summed E-state index contributed by atoms with van der Waals surface area (Å²) in [6, 6.07) is 7.65. The third-order valence-corrected chi connectivity index (χ3v) is 3.72. The molecule has 19 heavy (non-hydrogen) atoms. The zero-order valence-corrected chi connectivity index (χ0v) is 11.4. The molecule has 0 saturated carbocycles. The lowest BCUT2D eigenvalue weighted by molar-refractivity contribution is 0.476. The Morgan fingerprint density at radius 3 is 2.63 bits per heavy atom. The largest absolute Gasteiger partial charge is 0.508 e. The zero-order valence-electron chi connectivity index (χ0n) is 11.4. The summed E-state index contributed by atoms with van der Waals surface area (Å²) in [5, 5.41) is 11.9. The van der Waals surface area contributed by atoms with E-state index in [0.29, 0.717) is 5.75 Å². The van der Waals surface area contributed by atoms with Gasteiger partial charge in [-0.3, -0.25) is 0 Å². The summed E-state index contributed by atoms with van der Waals surface area (Å²) in [6.45, 7) is 6.30. The molecular formula is C17H17NO. The summed E-state index contributed by atoms with van der Waals surface area (Å²) < 4.78 is 0. The Morgan fingerprint density at radius 1 is 1.11 bits per heavy atom. The van der Waals surface area contributed by atoms with Crippen molar-refractivity contribution in [2.24, 2.45) is 0 Å². The van der Waals surface area contributed by atoms with Gasteiger partial charge in [0.15, 0.2) is 0 Å². The standard InChI is InChI=1S/C17H17NO/c1-4-5-13-10(2)8-15-14-9-12(19)6-7-16(14)18-17(15)11(13)3/h4-9,18-19H,1-3H3/b5-4-. The van der Waals surface area contributed by atoms with Gasteiger partial charge in [0.2, 0.25) is 0 Å². The van der Waals surface area contributed by atoms with E-state index in [9.17, 15) is 5.11 Å². The highest BCUT2D eigenvalue weighted by molar-refractivity contribution is 6.09. The number of allylic oxidation sites excluding steroid dienone is 1. The number of phenols is 1. The van der Waals surface area contributed by atoms with Gasteiger partial charge in [-0.1, -0.05) is 12.2 Å². The molecule has 3 rings (SSSR count). The molecule has 2 heteroatoms. The molecule has 0 spiro atoms. The molecule has 0 unspecified atom stereocenters. The first-order valence-corrected chi connectivity index (χ1v) is 6.49. The fourth-order valence-electron chi connectivity index (χ4n) is 2.79. The van der Waals surface area contributed by atoms with E-state index in [0.717, 1.165) is 16.4 Å². The number of benzene rings is 2. The maximum atomic E-state index is 9.66. The van der Waals surface area contributed by atoms with Gasteiger partial charge in [0, 0.05) is 16.3 Å². The van der Waals surface area contributed by atoms with Crippen molar-refractivity contribution in [3.8, 4) is 5.75 Å². The molecule has 0 aliphatic heterocycles. The van der Waals surface area contributed by atoms with E-state index in [1.165, 1.54) is 22.1 Å². The number of H-pyrrole nitrogens is 1. The van der Waals surface area contributed by atoms with Crippen molar-refractivity contribution >= 4 is 27.9 Å². The van der Waals surface area contributed by atoms with Crippen LogP contribution in [0.25, 0.3) is 27.9 Å². The summed E-state index contributed by atoms with van der Waals surface area (Å²) in [6.07, 6.45) is 4.21. The number of phenolic OH excluding ortho intramolecular Hbond substituents is 1. The Hall–Kier alpha value is -2.22. The van der Waals surface area contributed by atoms with Crippen molar-refractivity contribution in [2.45, 2.75) is 20.8 Å². The molecule has 1 heterocycles. The van der Waals surface area contributed by atoms with Crippen LogP contribution in [0.4, 0.5) is 0 Å². The summed E-state index contributed by atoms with van der Waals surface area (Å²) in [5.41, 5.74) is 5.99. The number of aromatic amines is 1. The maximum Gasteiger partial charge on any atom is 0.116 e. The lowest BCUT2D eigenvalue weighted by Crippen LogP contribution is -1.88. The smallest absolute Gasteiger partial charge is 0.116 e. The minimum Gasteiger partial charge on any atom is -0.508 e. The molecule has 2 N–H and O–H groups in total. The van der Waals surface area contributed by atoms with Crippen LogP contribution in [0.3, 0.4) is 0 Å². The Bertz CT molecular complexity index is 809. The van der Waals surface area contributed by atoms with E-state index in [2.05, 4.69) is 37.0 Å². The number of rotatable bonds is 1. The molecule has 2 nitrogen and oxygen atoms in total. The van der Waals surface area contributed by atoms with Gasteiger partial charge in [-0.2, -0.15) is 0 Å². The zero-order chi connectivity index (χ0) is 13.6. The van der Waals surface area contributed by atoms with Crippen LogP contribution in [0.15, 0.2) is 30.3 Å². The average molecular weight is 251 g/mol. The van der Waals surface area contributed by atoms with Gasteiger partial charge in [-0.25, -0.2) is 0 Å². The SMILES string of the molecule is C/C=C\c1c(C)cc2c([nH]c3ccc(O)cc32)c1C. The van der Waals surface area contributed by atoms with Crippen LogP contribution in [0, 0.1) is 13.8 Å². The number of aryl methyl sites for hydroxylation is 2. The first kappa shape index (κ1) is 11.8. The Balaban J connectivity index is 2.48. The normalized spacial score (nSPS) is 11.9. The van der Waals surface area contributed by atoms with E-state index >= 15 is 0 Å². The third-order valence-electron chi connectivity index (χ3n) is 3.72. The fraction of sp³-hybridized carbons (Fsp3) is 0.176. The first-order chi connectivity index (χ1) is 9.11. The van der Waals surface area contributed by atoms with Crippen molar-refractivity contribution < 1.29 is 5.11 Å². The Morgan fingerprint density at radius 2 is 1.89 bits per heavy atom. The van der Waals surface area contributed by atoms with E-state index < -0.39 is 0 Å². The minimum atomic E-state index is 0.307. The molecule has 3 aromatic rings. The molecule has 0 radical (unpaired) electrons. The van der Waals surface area contributed by atoms with Crippen LogP contribution >= 0.6 is 0 Å². The molecule has 0 fully saturated rings. The summed E-state index contributed by atoms with van der Waals surface area (Å²) in [4.78, 5) is 3.45. The van der Waals surface area contributed by atoms with Crippen LogP contribution in [0.2, 0.25) is 0 Å². The quantitative estimate of drug-likeness (QED) is 0.647. The molecule has 0 saturated heterocycles. The highest BCUT2D eigenvalue weighted by Crippen LogP contribution is 2.33. The van der Waals surface area contributed by atoms with Gasteiger partial charge in [-0.15, -0.1) is 0 Å². The predicted molar refractivity (Wildman–Crippen MR) is 81.7 cm³/mol. The third kappa shape index (κ3) is 1.72. The summed E-state index contributed by atoms with van der Waals surface area (Å²) in [5.74, 6) is 0.307. The second kappa shape index (κ2) is 4.16. The van der Waals surface area contributed by atoms with Crippen LogP contribution < -0.4 is 0 Å². The number of hydrogen-bond acceptors (Lipinski definition) is 1. The summed E-state index contributed by atoms with van der Waals surface area (Å²) >= 11 is 0. The van der Waals surface area contributed by atoms with Crippen molar-refractivity contribution in [2.75, 3.05) is 0 Å². The topological polar surface area (TPSA) is 36.0 Å². The van der Waals surface area contributed by atoms with Gasteiger partial charge in [0.05, 0.1) is 5.52 Å². The van der Waals surface area contributed by atoms with Gasteiger partial charge in [0.1, 0.15) is 5.75 Å². The van der Waals surface area contributed by atoms with Crippen LogP contribution in [0.1, 0.15) is 23.6 Å². The Kier molecular flexibility index (Phi) is 2.59. The highest BCUT2D eigenvalue weighted by Gasteiger charge is 2.11. The van der Waals surface area contributed by atoms with E-state index in [1.807, 2.05) is 19.1 Å². The van der Waals surface area contributed by atoms with E-state index in [-0.39, 0.29) is 0 Å². The number of hydrogen-bond donors (Lipinski definition) is 2. The molecular weight excluding hydrogens is 234 g/mol. The molecule has 0 aliphatic rings. The van der Waals surface area contributed by atoms with Crippen LogP contribution in [0.5, 0.6) is 5.75 Å². The van der Waals surface area contributed by atoms with Gasteiger partial charge >= 0.3 is 0 Å². The number of aromatic hydroxyl groups is 1. The first-order valence-electron chi connectivity index (χ1n) is 6.49. The molecule has 0 atom stereocenters. The number of nitrogens with one attached hydrogen (secondary N) is 1. The van der Waals surface area contributed by atoms with Gasteiger partial charge in [0.25, 0.3) is 0 Å². The van der Waals surface area contributed by atoms with Crippen molar-refractivity contribution in [1.29, 1.82) is 0 Å². The monoisotopic (exact) mass is 251 g/mol. The predicted octanol–water partition coefficient (Wildman–Crippen LogP) is 4.68. The van der Waals surface area contributed by atoms with Gasteiger partial charge < -0.3 is 10.1 Å². The minimum absolute atomic E-state index is 0.307. The van der Waals surface area contributed by atoms with Crippen LogP contribution in [-0.2, 0) is 0 Å². The molecule has 0 aliphatic carbocycles. The summed E-state index contributed by atoms with van der Waals surface area (Å²) in [7, 11) is 0. The lowest BCUT2D eigenvalue weighted by Gasteiger charge is -2.07. The molecule has 2 aromatic carbocycles. The van der Waals surface area contributed by atoms with Crippen molar-refractivity contribution in [1.82, 2.24) is 4.98 Å². The highest BCUT2D eigenvalue weighted by atomic mass is 16.3. The number of fused-ring (bicyclic) bond motifs is 3. The van der Waals surface area contributed by atoms with Crippen LogP contribution in [-0.4, -0.2) is 10.1 Å².